The van der Waals surface area contributed by atoms with Gasteiger partial charge in [-0.2, -0.15) is 39.3 Å². The summed E-state index contributed by atoms with van der Waals surface area (Å²) in [7, 11) is 0. The molecule has 0 aliphatic carbocycles. The standard InChI is InChI=1S/3C2H6N2.Cu/c3*3-1-2-4;/h3*3-4H,1-2H2;/q3*-2;+2. The van der Waals surface area contributed by atoms with Crippen LogP contribution in [0.1, 0.15) is 0 Å². The van der Waals surface area contributed by atoms with Gasteiger partial charge in [-0.25, -0.2) is 0 Å². The Labute approximate surface area is 91.2 Å². The molecule has 0 aromatic heterocycles. The monoisotopic (exact) mass is 237 g/mol. The predicted octanol–water partition coefficient (Wildman–Crippen LogP) is 3.27. The Morgan fingerprint density at radius 3 is 0.462 bits per heavy atom. The summed E-state index contributed by atoms with van der Waals surface area (Å²) in [5.74, 6) is 0. The van der Waals surface area contributed by atoms with Crippen LogP contribution in [-0.4, -0.2) is 39.3 Å². The Bertz CT molecular complexity index is 32.6. The van der Waals surface area contributed by atoms with Crippen LogP contribution < -0.4 is 0 Å². The minimum atomic E-state index is 0. The van der Waals surface area contributed by atoms with Gasteiger partial charge in [-0.15, -0.1) is 0 Å². The van der Waals surface area contributed by atoms with Crippen molar-refractivity contribution in [2.75, 3.05) is 39.3 Å². The third-order valence-corrected chi connectivity index (χ3v) is 0.375. The molecule has 0 fully saturated rings. The molecule has 0 unspecified atom stereocenters. The van der Waals surface area contributed by atoms with E-state index in [0.717, 1.165) is 0 Å². The third-order valence-electron chi connectivity index (χ3n) is 0.375. The Balaban J connectivity index is -0.0000000450. The molecular formula is C6H18CuN6-4. The van der Waals surface area contributed by atoms with Gasteiger partial charge >= 0.3 is 17.1 Å². The Morgan fingerprint density at radius 2 is 0.462 bits per heavy atom. The molecule has 0 heterocycles. The van der Waals surface area contributed by atoms with Crippen LogP contribution in [-0.2, 0) is 17.1 Å². The molecule has 0 aliphatic heterocycles. The van der Waals surface area contributed by atoms with Gasteiger partial charge in [0.25, 0.3) is 0 Å². The Morgan fingerprint density at radius 1 is 0.385 bits per heavy atom. The zero-order valence-corrected chi connectivity index (χ0v) is 8.49. The number of rotatable bonds is 3. The molecule has 7 heteroatoms. The molecule has 0 aromatic rings. The maximum Gasteiger partial charge on any atom is 2.00 e. The van der Waals surface area contributed by atoms with Crippen molar-refractivity contribution in [3.63, 3.8) is 0 Å². The Kier molecular flexibility index (Phi) is 70.9. The normalized spacial score (nSPS) is 6.92. The third kappa shape index (κ3) is 121. The van der Waals surface area contributed by atoms with Crippen LogP contribution in [0.5, 0.6) is 0 Å². The van der Waals surface area contributed by atoms with Gasteiger partial charge in [0.1, 0.15) is 0 Å². The first-order valence-corrected chi connectivity index (χ1v) is 3.62. The van der Waals surface area contributed by atoms with Gasteiger partial charge in [-0.3, -0.25) is 0 Å². The van der Waals surface area contributed by atoms with Crippen molar-refractivity contribution in [2.24, 2.45) is 0 Å². The fourth-order valence-corrected chi connectivity index (χ4v) is 0. The molecule has 87 valence electrons. The van der Waals surface area contributed by atoms with Gasteiger partial charge in [-0.05, 0) is 0 Å². The topological polar surface area (TPSA) is 143 Å². The van der Waals surface area contributed by atoms with E-state index in [1.807, 2.05) is 0 Å². The summed E-state index contributed by atoms with van der Waals surface area (Å²) in [6.45, 7) is 1.42. The number of hydrogen-bond acceptors (Lipinski definition) is 0. The molecule has 0 aromatic carbocycles. The van der Waals surface area contributed by atoms with Crippen LogP contribution in [0.3, 0.4) is 0 Å². The van der Waals surface area contributed by atoms with E-state index in [1.165, 1.54) is 0 Å². The molecule has 6 nitrogen and oxygen atoms in total. The van der Waals surface area contributed by atoms with Crippen LogP contribution in [0.4, 0.5) is 0 Å². The Hall–Kier alpha value is 0.279. The van der Waals surface area contributed by atoms with Gasteiger partial charge in [0.15, 0.2) is 0 Å². The summed E-state index contributed by atoms with van der Waals surface area (Å²) in [6.07, 6.45) is 0. The van der Waals surface area contributed by atoms with Crippen molar-refractivity contribution in [1.82, 2.24) is 0 Å². The number of nitrogens with one attached hydrogen (secondary N) is 6. The molecule has 13 heavy (non-hydrogen) atoms. The van der Waals surface area contributed by atoms with Crippen LogP contribution in [0.25, 0.3) is 34.4 Å². The van der Waals surface area contributed by atoms with Crippen molar-refractivity contribution in [2.45, 2.75) is 0 Å². The number of hydrogen-bond donors (Lipinski definition) is 0. The van der Waals surface area contributed by atoms with Crippen molar-refractivity contribution in [3.8, 4) is 0 Å². The fraction of sp³-hybridized carbons (Fsp3) is 1.00. The van der Waals surface area contributed by atoms with Crippen molar-refractivity contribution in [3.05, 3.63) is 34.4 Å². The second-order valence-electron chi connectivity index (χ2n) is 1.50. The molecule has 0 saturated carbocycles. The van der Waals surface area contributed by atoms with E-state index in [1.54, 1.807) is 0 Å². The SMILES string of the molecule is [Cu+2].[NH-]CC[NH-].[NH-]CC[NH-].[NH-]CC[NH-]. The summed E-state index contributed by atoms with van der Waals surface area (Å²) in [5, 5.41) is 0. The van der Waals surface area contributed by atoms with E-state index < -0.39 is 0 Å². The molecule has 0 amide bonds. The maximum atomic E-state index is 6.26. The summed E-state index contributed by atoms with van der Waals surface area (Å²) in [6, 6.07) is 0. The summed E-state index contributed by atoms with van der Waals surface area (Å²) < 4.78 is 0. The first-order chi connectivity index (χ1) is 5.74. The van der Waals surface area contributed by atoms with Crippen molar-refractivity contribution >= 4 is 0 Å². The van der Waals surface area contributed by atoms with E-state index in [-0.39, 0.29) is 56.3 Å². The van der Waals surface area contributed by atoms with Gasteiger partial charge in [0.2, 0.25) is 0 Å². The summed E-state index contributed by atoms with van der Waals surface area (Å²) in [4.78, 5) is 0. The zero-order valence-electron chi connectivity index (χ0n) is 7.54. The average molecular weight is 238 g/mol. The van der Waals surface area contributed by atoms with E-state index in [4.69, 9.17) is 34.4 Å². The largest absolute Gasteiger partial charge is 2.00 e. The van der Waals surface area contributed by atoms with E-state index in [9.17, 15) is 0 Å². The van der Waals surface area contributed by atoms with Gasteiger partial charge in [0, 0.05) is 0 Å². The average Bonchev–Trinajstić information content (AvgIpc) is 2.18. The quantitative estimate of drug-likeness (QED) is 0.664. The smallest absolute Gasteiger partial charge is 0.679 e. The summed E-state index contributed by atoms with van der Waals surface area (Å²) >= 11 is 0. The van der Waals surface area contributed by atoms with Crippen LogP contribution >= 0.6 is 0 Å². The minimum absolute atomic E-state index is 0. The molecule has 0 atom stereocenters. The fourth-order valence-electron chi connectivity index (χ4n) is 0. The molecule has 1 radical (unpaired) electrons. The second-order valence-corrected chi connectivity index (χ2v) is 1.50. The molecule has 0 spiro atoms. The summed E-state index contributed by atoms with van der Waals surface area (Å²) in [5.41, 5.74) is 37.6. The molecular weight excluding hydrogens is 220 g/mol. The minimum Gasteiger partial charge on any atom is -0.679 e. The van der Waals surface area contributed by atoms with Crippen LogP contribution in [0, 0.1) is 0 Å². The predicted molar refractivity (Wildman–Crippen MR) is 55.1 cm³/mol. The first-order valence-electron chi connectivity index (χ1n) is 3.62. The first kappa shape index (κ1) is 23.3. The van der Waals surface area contributed by atoms with Crippen molar-refractivity contribution < 1.29 is 17.1 Å². The van der Waals surface area contributed by atoms with Crippen LogP contribution in [0.2, 0.25) is 0 Å². The zero-order chi connectivity index (χ0) is 10.2. The molecule has 0 saturated heterocycles. The molecule has 0 bridgehead atoms. The van der Waals surface area contributed by atoms with Gasteiger partial charge in [-0.1, -0.05) is 0 Å². The van der Waals surface area contributed by atoms with Crippen LogP contribution in [0.15, 0.2) is 0 Å². The van der Waals surface area contributed by atoms with E-state index >= 15 is 0 Å². The van der Waals surface area contributed by atoms with Gasteiger partial charge in [0.05, 0.1) is 0 Å². The maximum absolute atomic E-state index is 6.26. The van der Waals surface area contributed by atoms with Gasteiger partial charge < -0.3 is 34.4 Å². The molecule has 6 N–H and O–H groups in total. The second kappa shape index (κ2) is 39.6. The molecule has 0 aliphatic rings. The molecule has 0 rings (SSSR count). The van der Waals surface area contributed by atoms with Crippen molar-refractivity contribution in [1.29, 1.82) is 0 Å². The van der Waals surface area contributed by atoms with E-state index in [0.29, 0.717) is 0 Å². The van der Waals surface area contributed by atoms with E-state index in [2.05, 4.69) is 0 Å².